The summed E-state index contributed by atoms with van der Waals surface area (Å²) >= 11 is 6.14. The number of rotatable bonds is 3. The highest BCUT2D eigenvalue weighted by Crippen LogP contribution is 2.18. The van der Waals surface area contributed by atoms with Crippen molar-refractivity contribution in [2.45, 2.75) is 5.50 Å². The topological polar surface area (TPSA) is 20.3 Å². The van der Waals surface area contributed by atoms with E-state index in [0.29, 0.717) is 0 Å². The molecular formula is C17H14ClNO. The van der Waals surface area contributed by atoms with Crippen molar-refractivity contribution in [2.24, 2.45) is 0 Å². The summed E-state index contributed by atoms with van der Waals surface area (Å²) in [5.41, 5.74) is 0.458. The molecule has 0 saturated heterocycles. The Morgan fingerprint density at radius 3 is 2.70 bits per heavy atom. The van der Waals surface area contributed by atoms with Gasteiger partial charge in [-0.2, -0.15) is 0 Å². The number of allylic oxidation sites excluding steroid dienone is 2. The molecule has 0 N–H and O–H groups in total. The maximum absolute atomic E-state index is 12.3. The first-order valence-electron chi connectivity index (χ1n) is 6.51. The molecule has 0 amide bonds. The first kappa shape index (κ1) is 12.9. The number of hydrogen-bond acceptors (Lipinski definition) is 2. The molecule has 2 nitrogen and oxygen atoms in total. The summed E-state index contributed by atoms with van der Waals surface area (Å²) in [5, 5.41) is 2.22. The van der Waals surface area contributed by atoms with Crippen LogP contribution in [-0.2, 0) is 0 Å². The van der Waals surface area contributed by atoms with Crippen molar-refractivity contribution in [3.63, 3.8) is 0 Å². The zero-order valence-corrected chi connectivity index (χ0v) is 11.6. The molecule has 0 aromatic heterocycles. The fourth-order valence-corrected chi connectivity index (χ4v) is 2.49. The van der Waals surface area contributed by atoms with E-state index in [0.717, 1.165) is 16.3 Å². The lowest BCUT2D eigenvalue weighted by Gasteiger charge is -2.24. The Morgan fingerprint density at radius 1 is 1.10 bits per heavy atom. The van der Waals surface area contributed by atoms with E-state index >= 15 is 0 Å². The van der Waals surface area contributed by atoms with Crippen LogP contribution >= 0.6 is 11.6 Å². The lowest BCUT2D eigenvalue weighted by Crippen LogP contribution is -2.31. The number of hydrogen-bond donors (Lipinski definition) is 0. The number of benzene rings is 2. The first-order valence-corrected chi connectivity index (χ1v) is 6.94. The Hall–Kier alpha value is -2.06. The molecule has 3 rings (SSSR count). The summed E-state index contributed by atoms with van der Waals surface area (Å²) in [6.07, 6.45) is 7.47. The van der Waals surface area contributed by atoms with E-state index in [4.69, 9.17) is 11.6 Å². The van der Waals surface area contributed by atoms with Gasteiger partial charge in [-0.1, -0.05) is 54.1 Å². The minimum atomic E-state index is -0.260. The molecule has 0 aliphatic carbocycles. The summed E-state index contributed by atoms with van der Waals surface area (Å²) < 4.78 is 0. The maximum Gasteiger partial charge on any atom is 0.182 e. The number of ketones is 1. The summed E-state index contributed by atoms with van der Waals surface area (Å²) in [4.78, 5) is 14.2. The van der Waals surface area contributed by atoms with Gasteiger partial charge in [0.2, 0.25) is 0 Å². The van der Waals surface area contributed by atoms with Gasteiger partial charge in [-0.15, -0.1) is 0 Å². The number of carbonyl (C=O) groups is 1. The molecule has 0 radical (unpaired) electrons. The molecular weight excluding hydrogens is 270 g/mol. The molecule has 100 valence electrons. The SMILES string of the molecule is O=C(CN1C=CC=CC1Cl)c1ccc2ccccc2c1. The molecule has 2 aromatic carbocycles. The van der Waals surface area contributed by atoms with Gasteiger partial charge in [0, 0.05) is 11.8 Å². The van der Waals surface area contributed by atoms with Gasteiger partial charge in [-0.3, -0.25) is 4.79 Å². The highest BCUT2D eigenvalue weighted by atomic mass is 35.5. The van der Waals surface area contributed by atoms with Gasteiger partial charge in [0.1, 0.15) is 5.50 Å². The third-order valence-corrected chi connectivity index (χ3v) is 3.77. The molecule has 1 heterocycles. The largest absolute Gasteiger partial charge is 0.350 e. The molecule has 2 aromatic rings. The first-order chi connectivity index (χ1) is 9.74. The summed E-state index contributed by atoms with van der Waals surface area (Å²) in [7, 11) is 0. The number of fused-ring (bicyclic) bond motifs is 1. The number of carbonyl (C=O) groups excluding carboxylic acids is 1. The van der Waals surface area contributed by atoms with Gasteiger partial charge in [-0.05, 0) is 29.0 Å². The second-order valence-electron chi connectivity index (χ2n) is 4.76. The van der Waals surface area contributed by atoms with Crippen LogP contribution in [0, 0.1) is 0 Å². The minimum Gasteiger partial charge on any atom is -0.350 e. The third kappa shape index (κ3) is 2.61. The molecule has 0 saturated carbocycles. The third-order valence-electron chi connectivity index (χ3n) is 3.37. The van der Waals surface area contributed by atoms with Crippen molar-refractivity contribution in [3.8, 4) is 0 Å². The van der Waals surface area contributed by atoms with Gasteiger partial charge in [-0.25, -0.2) is 0 Å². The number of nitrogens with zero attached hydrogens (tertiary/aromatic N) is 1. The van der Waals surface area contributed by atoms with Crippen LogP contribution in [0.25, 0.3) is 10.8 Å². The van der Waals surface area contributed by atoms with E-state index in [-0.39, 0.29) is 17.8 Å². The van der Waals surface area contributed by atoms with Gasteiger partial charge in [0.05, 0.1) is 6.54 Å². The molecule has 1 atom stereocenters. The quantitative estimate of drug-likeness (QED) is 0.482. The minimum absolute atomic E-state index is 0.0707. The van der Waals surface area contributed by atoms with Crippen LogP contribution in [0.3, 0.4) is 0 Å². The van der Waals surface area contributed by atoms with Crippen molar-refractivity contribution in [2.75, 3.05) is 6.54 Å². The van der Waals surface area contributed by atoms with Gasteiger partial charge < -0.3 is 4.90 Å². The highest BCUT2D eigenvalue weighted by molar-refractivity contribution is 6.21. The van der Waals surface area contributed by atoms with Crippen LogP contribution < -0.4 is 0 Å². The average Bonchev–Trinajstić information content (AvgIpc) is 2.49. The highest BCUT2D eigenvalue weighted by Gasteiger charge is 2.16. The predicted octanol–water partition coefficient (Wildman–Crippen LogP) is 3.97. The standard InChI is InChI=1S/C17H14ClNO/c18-17-7-3-4-10-19(17)12-16(20)15-9-8-13-5-1-2-6-14(13)11-15/h1-11,17H,12H2. The average molecular weight is 284 g/mol. The molecule has 0 spiro atoms. The van der Waals surface area contributed by atoms with Crippen LogP contribution in [0.1, 0.15) is 10.4 Å². The van der Waals surface area contributed by atoms with E-state index in [1.807, 2.05) is 71.8 Å². The Labute approximate surface area is 123 Å². The Balaban J connectivity index is 1.82. The Bertz CT molecular complexity index is 705. The number of alkyl halides is 1. The van der Waals surface area contributed by atoms with E-state index < -0.39 is 0 Å². The molecule has 3 heteroatoms. The van der Waals surface area contributed by atoms with Crippen LogP contribution in [0.15, 0.2) is 66.9 Å². The second-order valence-corrected chi connectivity index (χ2v) is 5.20. The Kier molecular flexibility index (Phi) is 3.57. The number of halogens is 1. The van der Waals surface area contributed by atoms with Crippen LogP contribution in [0.2, 0.25) is 0 Å². The lowest BCUT2D eigenvalue weighted by atomic mass is 10.0. The molecule has 20 heavy (non-hydrogen) atoms. The zero-order chi connectivity index (χ0) is 13.9. The van der Waals surface area contributed by atoms with E-state index in [1.165, 1.54) is 0 Å². The lowest BCUT2D eigenvalue weighted by molar-refractivity contribution is 0.0955. The molecule has 1 unspecified atom stereocenters. The molecule has 1 aliphatic heterocycles. The van der Waals surface area contributed by atoms with Crippen molar-refractivity contribution < 1.29 is 4.79 Å². The second kappa shape index (κ2) is 5.51. The fourth-order valence-electron chi connectivity index (χ4n) is 2.27. The molecule has 0 fully saturated rings. The smallest absolute Gasteiger partial charge is 0.182 e. The molecule has 0 bridgehead atoms. The van der Waals surface area contributed by atoms with Gasteiger partial charge in [0.25, 0.3) is 0 Å². The molecule has 1 aliphatic rings. The fraction of sp³-hybridized carbons (Fsp3) is 0.118. The van der Waals surface area contributed by atoms with Crippen molar-refractivity contribution in [3.05, 3.63) is 72.5 Å². The Morgan fingerprint density at radius 2 is 1.90 bits per heavy atom. The van der Waals surface area contributed by atoms with Gasteiger partial charge in [0.15, 0.2) is 5.78 Å². The predicted molar refractivity (Wildman–Crippen MR) is 82.9 cm³/mol. The van der Waals surface area contributed by atoms with Crippen molar-refractivity contribution in [1.82, 2.24) is 4.90 Å². The summed E-state index contributed by atoms with van der Waals surface area (Å²) in [6.45, 7) is 0.285. The van der Waals surface area contributed by atoms with Crippen molar-refractivity contribution in [1.29, 1.82) is 0 Å². The van der Waals surface area contributed by atoms with E-state index in [9.17, 15) is 4.79 Å². The van der Waals surface area contributed by atoms with Crippen molar-refractivity contribution >= 4 is 28.2 Å². The van der Waals surface area contributed by atoms with E-state index in [1.54, 1.807) is 0 Å². The number of Topliss-reactive ketones (excluding diaryl/α,β-unsaturated/α-hetero) is 1. The van der Waals surface area contributed by atoms with Crippen LogP contribution in [-0.4, -0.2) is 22.7 Å². The van der Waals surface area contributed by atoms with Gasteiger partial charge >= 0.3 is 0 Å². The summed E-state index contributed by atoms with van der Waals surface area (Å²) in [5.74, 6) is 0.0707. The maximum atomic E-state index is 12.3. The monoisotopic (exact) mass is 283 g/mol. The van der Waals surface area contributed by atoms with Crippen LogP contribution in [0.5, 0.6) is 0 Å². The zero-order valence-electron chi connectivity index (χ0n) is 10.9. The van der Waals surface area contributed by atoms with Crippen LogP contribution in [0.4, 0.5) is 0 Å². The van der Waals surface area contributed by atoms with E-state index in [2.05, 4.69) is 0 Å². The normalized spacial score (nSPS) is 17.6. The summed E-state index contributed by atoms with van der Waals surface area (Å²) in [6, 6.07) is 13.8.